The fourth-order valence-electron chi connectivity index (χ4n) is 1.76. The molecule has 2 aromatic rings. The molecular formula is C13H17N3S. The van der Waals surface area contributed by atoms with E-state index in [9.17, 15) is 0 Å². The average molecular weight is 247 g/mol. The van der Waals surface area contributed by atoms with Gasteiger partial charge in [-0.3, -0.25) is 0 Å². The van der Waals surface area contributed by atoms with Crippen molar-refractivity contribution in [1.82, 2.24) is 10.3 Å². The monoisotopic (exact) mass is 247 g/mol. The number of rotatable bonds is 6. The first kappa shape index (κ1) is 12.2. The molecular weight excluding hydrogens is 230 g/mol. The lowest BCUT2D eigenvalue weighted by Crippen LogP contribution is -2.26. The smallest absolute Gasteiger partial charge is 0.0795 e. The fourth-order valence-corrected chi connectivity index (χ4v) is 2.32. The van der Waals surface area contributed by atoms with Crippen LogP contribution in [0.5, 0.6) is 0 Å². The molecule has 4 heteroatoms. The van der Waals surface area contributed by atoms with Crippen LogP contribution < -0.4 is 11.1 Å². The normalized spacial score (nSPS) is 12.5. The number of aromatic nitrogens is 1. The van der Waals surface area contributed by atoms with Crippen LogP contribution in [0.2, 0.25) is 0 Å². The Morgan fingerprint density at radius 1 is 1.29 bits per heavy atom. The maximum absolute atomic E-state index is 5.81. The third kappa shape index (κ3) is 3.63. The van der Waals surface area contributed by atoms with E-state index >= 15 is 0 Å². The van der Waals surface area contributed by atoms with Gasteiger partial charge < -0.3 is 11.1 Å². The van der Waals surface area contributed by atoms with Gasteiger partial charge in [0.2, 0.25) is 0 Å². The van der Waals surface area contributed by atoms with E-state index in [-0.39, 0.29) is 0 Å². The highest BCUT2D eigenvalue weighted by molar-refractivity contribution is 7.07. The summed E-state index contributed by atoms with van der Waals surface area (Å²) in [6.07, 6.45) is 0. The Morgan fingerprint density at radius 3 is 2.76 bits per heavy atom. The van der Waals surface area contributed by atoms with Gasteiger partial charge in [0.15, 0.2) is 0 Å². The highest BCUT2D eigenvalue weighted by Crippen LogP contribution is 2.13. The Balaban J connectivity index is 1.84. The van der Waals surface area contributed by atoms with Crippen LogP contribution >= 0.6 is 11.3 Å². The van der Waals surface area contributed by atoms with E-state index in [2.05, 4.69) is 39.9 Å². The van der Waals surface area contributed by atoms with Gasteiger partial charge in [-0.15, -0.1) is 11.3 Å². The highest BCUT2D eigenvalue weighted by atomic mass is 32.1. The van der Waals surface area contributed by atoms with Crippen molar-refractivity contribution in [3.8, 4) is 0 Å². The van der Waals surface area contributed by atoms with Crippen LogP contribution in [0.3, 0.4) is 0 Å². The number of thiazole rings is 1. The molecule has 0 bridgehead atoms. The minimum absolute atomic E-state index is 0.370. The Labute approximate surface area is 106 Å². The van der Waals surface area contributed by atoms with Crippen molar-refractivity contribution in [2.24, 2.45) is 5.73 Å². The molecule has 1 aromatic heterocycles. The molecule has 0 fully saturated rings. The number of nitrogens with two attached hydrogens (primary N) is 1. The molecule has 0 spiro atoms. The largest absolute Gasteiger partial charge is 0.330 e. The Bertz CT molecular complexity index is 413. The Hall–Kier alpha value is -1.23. The summed E-state index contributed by atoms with van der Waals surface area (Å²) in [5.41, 5.74) is 10.1. The van der Waals surface area contributed by atoms with Crippen molar-refractivity contribution >= 4 is 11.3 Å². The quantitative estimate of drug-likeness (QED) is 0.820. The van der Waals surface area contributed by atoms with Gasteiger partial charge in [0.1, 0.15) is 0 Å². The Morgan fingerprint density at radius 2 is 2.12 bits per heavy atom. The molecule has 2 rings (SSSR count). The van der Waals surface area contributed by atoms with Gasteiger partial charge in [0.25, 0.3) is 0 Å². The van der Waals surface area contributed by atoms with Gasteiger partial charge >= 0.3 is 0 Å². The van der Waals surface area contributed by atoms with Gasteiger partial charge in [-0.05, 0) is 5.56 Å². The summed E-state index contributed by atoms with van der Waals surface area (Å²) in [6.45, 7) is 2.36. The van der Waals surface area contributed by atoms with Gasteiger partial charge in [0, 0.05) is 30.9 Å². The Kier molecular flexibility index (Phi) is 4.67. The zero-order valence-electron chi connectivity index (χ0n) is 9.67. The maximum atomic E-state index is 5.81. The minimum atomic E-state index is 0.370. The molecule has 1 unspecified atom stereocenters. The molecule has 17 heavy (non-hydrogen) atoms. The van der Waals surface area contributed by atoms with Crippen LogP contribution in [0.15, 0.2) is 41.2 Å². The predicted octanol–water partition coefficient (Wildman–Crippen LogP) is 1.98. The van der Waals surface area contributed by atoms with Crippen LogP contribution in [0.4, 0.5) is 0 Å². The second-order valence-corrected chi connectivity index (χ2v) is 4.67. The zero-order chi connectivity index (χ0) is 11.9. The van der Waals surface area contributed by atoms with Crippen molar-refractivity contribution in [3.63, 3.8) is 0 Å². The number of hydrogen-bond acceptors (Lipinski definition) is 4. The lowest BCUT2D eigenvalue weighted by Gasteiger charge is -2.15. The number of nitrogens with one attached hydrogen (secondary N) is 1. The molecule has 3 N–H and O–H groups in total. The molecule has 0 saturated carbocycles. The minimum Gasteiger partial charge on any atom is -0.330 e. The van der Waals surface area contributed by atoms with E-state index in [4.69, 9.17) is 5.73 Å². The van der Waals surface area contributed by atoms with Crippen LogP contribution in [-0.2, 0) is 6.54 Å². The highest BCUT2D eigenvalue weighted by Gasteiger charge is 2.08. The summed E-state index contributed by atoms with van der Waals surface area (Å²) in [4.78, 5) is 4.24. The molecule has 90 valence electrons. The second kappa shape index (κ2) is 6.49. The molecule has 0 aliphatic rings. The molecule has 1 atom stereocenters. The van der Waals surface area contributed by atoms with Crippen LogP contribution in [0.25, 0.3) is 0 Å². The van der Waals surface area contributed by atoms with E-state index in [0.717, 1.165) is 18.8 Å². The summed E-state index contributed by atoms with van der Waals surface area (Å²) < 4.78 is 0. The summed E-state index contributed by atoms with van der Waals surface area (Å²) in [7, 11) is 0. The predicted molar refractivity (Wildman–Crippen MR) is 72.1 cm³/mol. The topological polar surface area (TPSA) is 50.9 Å². The van der Waals surface area contributed by atoms with Crippen molar-refractivity contribution in [2.75, 3.05) is 13.1 Å². The fraction of sp³-hybridized carbons (Fsp3) is 0.308. The first-order valence-electron chi connectivity index (χ1n) is 5.73. The SMILES string of the molecule is NCC(CNCc1cscn1)c1ccccc1. The second-order valence-electron chi connectivity index (χ2n) is 3.95. The van der Waals surface area contributed by atoms with Crippen LogP contribution in [-0.4, -0.2) is 18.1 Å². The van der Waals surface area contributed by atoms with Crippen molar-refractivity contribution in [2.45, 2.75) is 12.5 Å². The van der Waals surface area contributed by atoms with Gasteiger partial charge in [-0.25, -0.2) is 4.98 Å². The number of nitrogens with zero attached hydrogens (tertiary/aromatic N) is 1. The molecule has 0 radical (unpaired) electrons. The number of hydrogen-bond donors (Lipinski definition) is 2. The summed E-state index contributed by atoms with van der Waals surface area (Å²) in [5.74, 6) is 0.370. The first-order valence-corrected chi connectivity index (χ1v) is 6.67. The number of benzene rings is 1. The molecule has 0 aliphatic heterocycles. The van der Waals surface area contributed by atoms with Crippen molar-refractivity contribution in [3.05, 3.63) is 52.5 Å². The maximum Gasteiger partial charge on any atom is 0.0795 e. The lowest BCUT2D eigenvalue weighted by atomic mass is 9.99. The van der Waals surface area contributed by atoms with Crippen LogP contribution in [0.1, 0.15) is 17.2 Å². The summed E-state index contributed by atoms with van der Waals surface area (Å²) >= 11 is 1.62. The van der Waals surface area contributed by atoms with E-state index < -0.39 is 0 Å². The van der Waals surface area contributed by atoms with E-state index in [1.54, 1.807) is 11.3 Å². The summed E-state index contributed by atoms with van der Waals surface area (Å²) in [5, 5.41) is 5.46. The summed E-state index contributed by atoms with van der Waals surface area (Å²) in [6, 6.07) is 10.4. The standard InChI is InChI=1S/C13H17N3S/c14-6-12(11-4-2-1-3-5-11)7-15-8-13-9-17-10-16-13/h1-5,9-10,12,15H,6-8,14H2. The van der Waals surface area contributed by atoms with E-state index in [1.807, 2.05) is 11.6 Å². The zero-order valence-corrected chi connectivity index (χ0v) is 10.5. The van der Waals surface area contributed by atoms with Gasteiger partial charge in [-0.1, -0.05) is 30.3 Å². The lowest BCUT2D eigenvalue weighted by molar-refractivity contribution is 0.584. The van der Waals surface area contributed by atoms with Gasteiger partial charge in [-0.2, -0.15) is 0 Å². The molecule has 0 amide bonds. The average Bonchev–Trinajstić information content (AvgIpc) is 2.89. The molecule has 3 nitrogen and oxygen atoms in total. The first-order chi connectivity index (χ1) is 8.40. The molecule has 1 aromatic carbocycles. The van der Waals surface area contributed by atoms with Crippen molar-refractivity contribution < 1.29 is 0 Å². The molecule has 0 aliphatic carbocycles. The van der Waals surface area contributed by atoms with E-state index in [0.29, 0.717) is 12.5 Å². The third-order valence-corrected chi connectivity index (χ3v) is 3.37. The third-order valence-electron chi connectivity index (χ3n) is 2.74. The van der Waals surface area contributed by atoms with Crippen LogP contribution in [0, 0.1) is 0 Å². The molecule has 1 heterocycles. The van der Waals surface area contributed by atoms with Crippen molar-refractivity contribution in [1.29, 1.82) is 0 Å². The molecule has 0 saturated heterocycles. The van der Waals surface area contributed by atoms with E-state index in [1.165, 1.54) is 5.56 Å². The van der Waals surface area contributed by atoms with Gasteiger partial charge in [0.05, 0.1) is 11.2 Å².